The van der Waals surface area contributed by atoms with Gasteiger partial charge in [-0.1, -0.05) is 41.4 Å². The van der Waals surface area contributed by atoms with Crippen molar-refractivity contribution in [2.75, 3.05) is 10.9 Å². The first kappa shape index (κ1) is 17.5. The Morgan fingerprint density at radius 2 is 1.67 bits per heavy atom. The minimum Gasteiger partial charge on any atom is -0.456 e. The third-order valence-electron chi connectivity index (χ3n) is 4.21. The average Bonchev–Trinajstić information content (AvgIpc) is 3.01. The SMILES string of the molecule is NN(c1ccc(Oc2ccc(Cl)cc2)c(Cl)c1)c1cn(N)c2ccccc12. The molecule has 0 spiro atoms. The van der Waals surface area contributed by atoms with E-state index in [2.05, 4.69) is 0 Å². The molecular weight excluding hydrogens is 383 g/mol. The summed E-state index contributed by atoms with van der Waals surface area (Å²) in [5, 5.41) is 3.57. The van der Waals surface area contributed by atoms with Crippen molar-refractivity contribution in [3.05, 3.63) is 83.0 Å². The van der Waals surface area contributed by atoms with E-state index in [0.29, 0.717) is 27.2 Å². The van der Waals surface area contributed by atoms with Crippen molar-refractivity contribution < 1.29 is 4.74 Å². The van der Waals surface area contributed by atoms with Crippen molar-refractivity contribution in [1.82, 2.24) is 4.68 Å². The zero-order valence-corrected chi connectivity index (χ0v) is 15.7. The van der Waals surface area contributed by atoms with E-state index in [-0.39, 0.29) is 0 Å². The molecule has 7 heteroatoms. The first-order valence-corrected chi connectivity index (χ1v) is 8.91. The van der Waals surface area contributed by atoms with Crippen LogP contribution in [-0.4, -0.2) is 4.68 Å². The van der Waals surface area contributed by atoms with Gasteiger partial charge in [0.05, 0.1) is 28.1 Å². The summed E-state index contributed by atoms with van der Waals surface area (Å²) >= 11 is 12.3. The lowest BCUT2D eigenvalue weighted by Gasteiger charge is -2.19. The van der Waals surface area contributed by atoms with Gasteiger partial charge in [0.2, 0.25) is 0 Å². The second-order valence-electron chi connectivity index (χ2n) is 5.98. The summed E-state index contributed by atoms with van der Waals surface area (Å²) in [6.07, 6.45) is 1.77. The van der Waals surface area contributed by atoms with Crippen LogP contribution in [-0.2, 0) is 0 Å². The zero-order valence-electron chi connectivity index (χ0n) is 14.1. The Bertz CT molecular complexity index is 1110. The fraction of sp³-hybridized carbons (Fsp3) is 0. The van der Waals surface area contributed by atoms with Crippen LogP contribution < -0.4 is 21.4 Å². The van der Waals surface area contributed by atoms with Gasteiger partial charge in [-0.2, -0.15) is 0 Å². The van der Waals surface area contributed by atoms with Gasteiger partial charge >= 0.3 is 0 Å². The molecule has 4 rings (SSSR count). The molecular formula is C20H16Cl2N4O. The Labute approximate surface area is 166 Å². The standard InChI is InChI=1S/C20H16Cl2N4O/c21-13-5-8-15(9-6-13)27-20-10-7-14(11-17(20)22)26(24)19-12-25(23)18-4-2-1-3-16(18)19/h1-12H,23-24H2. The predicted molar refractivity (Wildman–Crippen MR) is 111 cm³/mol. The van der Waals surface area contributed by atoms with E-state index in [0.717, 1.165) is 16.6 Å². The summed E-state index contributed by atoms with van der Waals surface area (Å²) in [6.45, 7) is 0. The molecule has 0 amide bonds. The Kier molecular flexibility index (Phi) is 4.58. The zero-order chi connectivity index (χ0) is 19.0. The highest BCUT2D eigenvalue weighted by atomic mass is 35.5. The molecule has 1 aromatic heterocycles. The molecule has 0 fully saturated rings. The van der Waals surface area contributed by atoms with E-state index in [1.165, 1.54) is 0 Å². The fourth-order valence-corrected chi connectivity index (χ4v) is 3.21. The van der Waals surface area contributed by atoms with Gasteiger partial charge in [-0.3, -0.25) is 9.69 Å². The summed E-state index contributed by atoms with van der Waals surface area (Å²) < 4.78 is 7.35. The van der Waals surface area contributed by atoms with Gasteiger partial charge in [0.1, 0.15) is 11.5 Å². The number of rotatable bonds is 4. The summed E-state index contributed by atoms with van der Waals surface area (Å²) in [7, 11) is 0. The molecule has 0 aliphatic carbocycles. The number of ether oxygens (including phenoxy) is 1. The minimum absolute atomic E-state index is 0.439. The number of fused-ring (bicyclic) bond motifs is 1. The summed E-state index contributed by atoms with van der Waals surface area (Å²) in [5.41, 5.74) is 2.37. The van der Waals surface area contributed by atoms with Crippen molar-refractivity contribution >= 4 is 45.5 Å². The van der Waals surface area contributed by atoms with Gasteiger partial charge in [-0.25, -0.2) is 5.84 Å². The van der Waals surface area contributed by atoms with Gasteiger partial charge in [0.25, 0.3) is 0 Å². The Hall–Kier alpha value is -2.86. The highest BCUT2D eigenvalue weighted by Crippen LogP contribution is 2.36. The summed E-state index contributed by atoms with van der Waals surface area (Å²) in [5.74, 6) is 13.5. The third kappa shape index (κ3) is 3.40. The topological polar surface area (TPSA) is 69.4 Å². The average molecular weight is 399 g/mol. The van der Waals surface area contributed by atoms with Crippen LogP contribution in [0.15, 0.2) is 72.9 Å². The van der Waals surface area contributed by atoms with Crippen LogP contribution in [0.3, 0.4) is 0 Å². The fourth-order valence-electron chi connectivity index (χ4n) is 2.87. The van der Waals surface area contributed by atoms with Gasteiger partial charge in [-0.15, -0.1) is 0 Å². The number of para-hydroxylation sites is 1. The molecule has 0 radical (unpaired) electrons. The lowest BCUT2D eigenvalue weighted by atomic mass is 10.2. The van der Waals surface area contributed by atoms with Gasteiger partial charge < -0.3 is 10.6 Å². The van der Waals surface area contributed by atoms with Crippen LogP contribution in [0.2, 0.25) is 10.0 Å². The molecule has 0 saturated carbocycles. The first-order valence-electron chi connectivity index (χ1n) is 8.16. The number of nitrogens with two attached hydrogens (primary N) is 2. The quantitative estimate of drug-likeness (QED) is 0.353. The van der Waals surface area contributed by atoms with Gasteiger partial charge in [0, 0.05) is 10.4 Å². The molecule has 0 aliphatic heterocycles. The maximum absolute atomic E-state index is 6.40. The number of nitrogens with zero attached hydrogens (tertiary/aromatic N) is 2. The molecule has 5 nitrogen and oxygen atoms in total. The molecule has 0 unspecified atom stereocenters. The first-order chi connectivity index (χ1) is 13.0. The van der Waals surface area contributed by atoms with Crippen LogP contribution in [0.5, 0.6) is 11.5 Å². The van der Waals surface area contributed by atoms with Crippen molar-refractivity contribution in [2.24, 2.45) is 5.84 Å². The second-order valence-corrected chi connectivity index (χ2v) is 6.82. The maximum Gasteiger partial charge on any atom is 0.146 e. The van der Waals surface area contributed by atoms with Crippen LogP contribution in [0.1, 0.15) is 0 Å². The molecule has 0 atom stereocenters. The third-order valence-corrected chi connectivity index (χ3v) is 4.76. The van der Waals surface area contributed by atoms with Crippen molar-refractivity contribution in [1.29, 1.82) is 0 Å². The van der Waals surface area contributed by atoms with Crippen LogP contribution in [0, 0.1) is 0 Å². The van der Waals surface area contributed by atoms with E-state index in [9.17, 15) is 0 Å². The minimum atomic E-state index is 0.439. The van der Waals surface area contributed by atoms with Gasteiger partial charge in [0.15, 0.2) is 0 Å². The van der Waals surface area contributed by atoms with Crippen molar-refractivity contribution in [3.8, 4) is 11.5 Å². The van der Waals surface area contributed by atoms with Crippen LogP contribution in [0.25, 0.3) is 10.9 Å². The van der Waals surface area contributed by atoms with E-state index in [4.69, 9.17) is 39.6 Å². The smallest absolute Gasteiger partial charge is 0.146 e. The van der Waals surface area contributed by atoms with Crippen molar-refractivity contribution in [2.45, 2.75) is 0 Å². The van der Waals surface area contributed by atoms with Gasteiger partial charge in [-0.05, 0) is 48.5 Å². The lowest BCUT2D eigenvalue weighted by Crippen LogP contribution is -2.24. The Balaban J connectivity index is 1.64. The Morgan fingerprint density at radius 1 is 0.926 bits per heavy atom. The lowest BCUT2D eigenvalue weighted by molar-refractivity contribution is 0.483. The maximum atomic E-state index is 6.40. The number of aromatic nitrogens is 1. The van der Waals surface area contributed by atoms with E-state index in [1.807, 2.05) is 30.3 Å². The number of anilines is 2. The van der Waals surface area contributed by atoms with Crippen LogP contribution in [0.4, 0.5) is 11.4 Å². The molecule has 0 bridgehead atoms. The van der Waals surface area contributed by atoms with E-state index >= 15 is 0 Å². The highest BCUT2D eigenvalue weighted by molar-refractivity contribution is 6.32. The van der Waals surface area contributed by atoms with E-state index in [1.54, 1.807) is 52.3 Å². The predicted octanol–water partition coefficient (Wildman–Crippen LogP) is 5.47. The molecule has 1 heterocycles. The number of hydrazine groups is 1. The number of halogens is 2. The molecule has 0 aliphatic rings. The number of benzene rings is 3. The number of hydrogen-bond acceptors (Lipinski definition) is 4. The normalized spacial score (nSPS) is 10.9. The molecule has 27 heavy (non-hydrogen) atoms. The van der Waals surface area contributed by atoms with E-state index < -0.39 is 0 Å². The molecule has 136 valence electrons. The molecule has 3 aromatic carbocycles. The highest BCUT2D eigenvalue weighted by Gasteiger charge is 2.14. The number of nitrogen functional groups attached to an aromatic ring is 1. The summed E-state index contributed by atoms with van der Waals surface area (Å²) in [6, 6.07) is 20.2. The molecule has 0 saturated heterocycles. The monoisotopic (exact) mass is 398 g/mol. The molecule has 4 N–H and O–H groups in total. The number of hydrogen-bond donors (Lipinski definition) is 2. The van der Waals surface area contributed by atoms with Crippen LogP contribution >= 0.6 is 23.2 Å². The van der Waals surface area contributed by atoms with Crippen molar-refractivity contribution in [3.63, 3.8) is 0 Å². The Morgan fingerprint density at radius 3 is 2.41 bits per heavy atom. The summed E-state index contributed by atoms with van der Waals surface area (Å²) in [4.78, 5) is 0. The molecule has 4 aromatic rings. The largest absolute Gasteiger partial charge is 0.456 e. The second kappa shape index (κ2) is 7.04.